The third kappa shape index (κ3) is 4.12. The van der Waals surface area contributed by atoms with Crippen molar-refractivity contribution in [3.05, 3.63) is 65.5 Å². The lowest BCUT2D eigenvalue weighted by Gasteiger charge is -2.38. The summed E-state index contributed by atoms with van der Waals surface area (Å²) in [6.45, 7) is 3.54. The molecule has 4 heterocycles. The maximum Gasteiger partial charge on any atom is 0.255 e. The van der Waals surface area contributed by atoms with Crippen molar-refractivity contribution in [3.63, 3.8) is 0 Å². The summed E-state index contributed by atoms with van der Waals surface area (Å²) in [4.78, 5) is 49.6. The van der Waals surface area contributed by atoms with E-state index in [1.807, 2.05) is 36.5 Å². The van der Waals surface area contributed by atoms with Crippen LogP contribution in [0.3, 0.4) is 0 Å². The highest BCUT2D eigenvalue weighted by molar-refractivity contribution is 6.05. The molecule has 2 aromatic carbocycles. The van der Waals surface area contributed by atoms with E-state index in [0.717, 1.165) is 41.9 Å². The molecular formula is C26H25N5O4. The number of para-hydroxylation sites is 2. The van der Waals surface area contributed by atoms with Gasteiger partial charge in [-0.3, -0.25) is 29.6 Å². The average Bonchev–Trinajstić information content (AvgIpc) is 3.15. The highest BCUT2D eigenvalue weighted by atomic mass is 16.5. The number of aromatic nitrogens is 2. The summed E-state index contributed by atoms with van der Waals surface area (Å²) in [6.07, 6.45) is 2.48. The first-order valence-electron chi connectivity index (χ1n) is 11.9. The lowest BCUT2D eigenvalue weighted by Crippen LogP contribution is -2.52. The predicted molar refractivity (Wildman–Crippen MR) is 127 cm³/mol. The van der Waals surface area contributed by atoms with E-state index in [1.165, 1.54) is 0 Å². The first-order chi connectivity index (χ1) is 17.0. The smallest absolute Gasteiger partial charge is 0.255 e. The fourth-order valence-electron chi connectivity index (χ4n) is 5.04. The van der Waals surface area contributed by atoms with E-state index in [0.29, 0.717) is 36.8 Å². The molecule has 9 heteroatoms. The van der Waals surface area contributed by atoms with Crippen molar-refractivity contribution in [2.75, 3.05) is 26.2 Å². The minimum atomic E-state index is -0.608. The van der Waals surface area contributed by atoms with Crippen LogP contribution < -0.4 is 10.1 Å². The number of piperidine rings is 1. The standard InChI is InChI=1S/C26H25N5O4/c32-24-8-7-23(25(33)29-24)31-15-16-11-18(5-6-19(16)26(31)34)35-10-9-30-13-17(14-30)22-12-27-20-3-1-2-4-21(20)28-22/h1-6,11-12,17,23H,7-10,13-15H2,(H,29,32,33). The Bertz CT molecular complexity index is 1340. The average molecular weight is 472 g/mol. The van der Waals surface area contributed by atoms with Crippen LogP contribution >= 0.6 is 0 Å². The number of fused-ring (bicyclic) bond motifs is 2. The molecule has 3 aliphatic heterocycles. The summed E-state index contributed by atoms with van der Waals surface area (Å²) in [5, 5.41) is 2.33. The molecule has 35 heavy (non-hydrogen) atoms. The first-order valence-corrected chi connectivity index (χ1v) is 11.9. The number of likely N-dealkylation sites (tertiary alicyclic amines) is 1. The van der Waals surface area contributed by atoms with Gasteiger partial charge in [0, 0.05) is 50.3 Å². The van der Waals surface area contributed by atoms with E-state index >= 15 is 0 Å². The second kappa shape index (κ2) is 8.74. The largest absolute Gasteiger partial charge is 0.492 e. The zero-order chi connectivity index (χ0) is 23.9. The first kappa shape index (κ1) is 21.7. The van der Waals surface area contributed by atoms with Crippen molar-refractivity contribution in [3.8, 4) is 5.75 Å². The number of rotatable bonds is 6. The van der Waals surface area contributed by atoms with Crippen molar-refractivity contribution >= 4 is 28.8 Å². The minimum Gasteiger partial charge on any atom is -0.492 e. The molecule has 178 valence electrons. The third-order valence-corrected chi connectivity index (χ3v) is 7.01. The highest BCUT2D eigenvalue weighted by Gasteiger charge is 2.39. The van der Waals surface area contributed by atoms with E-state index in [-0.39, 0.29) is 18.2 Å². The molecule has 0 bridgehead atoms. The number of benzene rings is 2. The molecule has 0 saturated carbocycles. The van der Waals surface area contributed by atoms with Gasteiger partial charge in [0.15, 0.2) is 0 Å². The van der Waals surface area contributed by atoms with Crippen LogP contribution in [0.5, 0.6) is 5.75 Å². The molecule has 0 radical (unpaired) electrons. The molecule has 0 aliphatic carbocycles. The van der Waals surface area contributed by atoms with Gasteiger partial charge in [-0.05, 0) is 42.3 Å². The molecule has 1 N–H and O–H groups in total. The molecular weight excluding hydrogens is 446 g/mol. The van der Waals surface area contributed by atoms with Crippen LogP contribution in [0.15, 0.2) is 48.7 Å². The number of imide groups is 1. The quantitative estimate of drug-likeness (QED) is 0.547. The highest BCUT2D eigenvalue weighted by Crippen LogP contribution is 2.30. The number of nitrogens with zero attached hydrogens (tertiary/aromatic N) is 4. The SMILES string of the molecule is O=C1CCC(N2Cc3cc(OCCN4CC(c5cnc6ccccc6n5)C4)ccc3C2=O)C(=O)N1. The zero-order valence-corrected chi connectivity index (χ0v) is 19.1. The van der Waals surface area contributed by atoms with Crippen LogP contribution in [0.1, 0.15) is 40.4 Å². The van der Waals surface area contributed by atoms with E-state index in [9.17, 15) is 14.4 Å². The molecule has 2 fully saturated rings. The van der Waals surface area contributed by atoms with E-state index < -0.39 is 11.9 Å². The maximum atomic E-state index is 12.8. The normalized spacial score (nSPS) is 20.6. The van der Waals surface area contributed by atoms with Crippen LogP contribution in [0.4, 0.5) is 0 Å². The van der Waals surface area contributed by atoms with Gasteiger partial charge in [0.2, 0.25) is 11.8 Å². The van der Waals surface area contributed by atoms with Crippen molar-refractivity contribution < 1.29 is 19.1 Å². The molecule has 6 rings (SSSR count). The molecule has 3 amide bonds. The number of hydrogen-bond acceptors (Lipinski definition) is 7. The number of amides is 3. The van der Waals surface area contributed by atoms with Crippen LogP contribution in [0.25, 0.3) is 11.0 Å². The van der Waals surface area contributed by atoms with Crippen LogP contribution in [-0.2, 0) is 16.1 Å². The molecule has 1 aromatic heterocycles. The monoisotopic (exact) mass is 471 g/mol. The lowest BCUT2D eigenvalue weighted by molar-refractivity contribution is -0.136. The number of nitrogens with one attached hydrogen (secondary N) is 1. The molecule has 9 nitrogen and oxygen atoms in total. The van der Waals surface area contributed by atoms with E-state index in [4.69, 9.17) is 9.72 Å². The fourth-order valence-corrected chi connectivity index (χ4v) is 5.04. The zero-order valence-electron chi connectivity index (χ0n) is 19.1. The number of ether oxygens (including phenoxy) is 1. The van der Waals surface area contributed by atoms with Gasteiger partial charge in [-0.25, -0.2) is 4.98 Å². The van der Waals surface area contributed by atoms with Crippen LogP contribution in [-0.4, -0.2) is 69.8 Å². The minimum absolute atomic E-state index is 0.176. The van der Waals surface area contributed by atoms with Gasteiger partial charge in [0.1, 0.15) is 18.4 Å². The van der Waals surface area contributed by atoms with Gasteiger partial charge in [0.05, 0.1) is 16.7 Å². The topological polar surface area (TPSA) is 105 Å². The van der Waals surface area contributed by atoms with Gasteiger partial charge in [-0.1, -0.05) is 12.1 Å². The summed E-state index contributed by atoms with van der Waals surface area (Å²) >= 11 is 0. The van der Waals surface area contributed by atoms with Gasteiger partial charge in [0.25, 0.3) is 5.91 Å². The van der Waals surface area contributed by atoms with Crippen molar-refractivity contribution in [2.45, 2.75) is 31.3 Å². The molecule has 0 spiro atoms. The summed E-state index contributed by atoms with van der Waals surface area (Å²) in [5.74, 6) is 0.228. The third-order valence-electron chi connectivity index (χ3n) is 7.01. The van der Waals surface area contributed by atoms with Gasteiger partial charge in [-0.2, -0.15) is 0 Å². The Hall–Kier alpha value is -3.85. The van der Waals surface area contributed by atoms with E-state index in [2.05, 4.69) is 15.2 Å². The molecule has 2 saturated heterocycles. The summed E-state index contributed by atoms with van der Waals surface area (Å²) < 4.78 is 5.96. The predicted octanol–water partition coefficient (Wildman–Crippen LogP) is 1.87. The second-order valence-electron chi connectivity index (χ2n) is 9.31. The Morgan fingerprint density at radius 3 is 2.71 bits per heavy atom. The summed E-state index contributed by atoms with van der Waals surface area (Å²) in [6, 6.07) is 12.7. The molecule has 1 unspecified atom stereocenters. The van der Waals surface area contributed by atoms with Gasteiger partial charge < -0.3 is 9.64 Å². The Balaban J connectivity index is 1.01. The van der Waals surface area contributed by atoms with E-state index in [1.54, 1.807) is 17.0 Å². The Morgan fingerprint density at radius 2 is 1.89 bits per heavy atom. The molecule has 1 atom stereocenters. The number of hydrogen-bond donors (Lipinski definition) is 1. The molecule has 3 aromatic rings. The van der Waals surface area contributed by atoms with Crippen LogP contribution in [0, 0.1) is 0 Å². The fraction of sp³-hybridized carbons (Fsp3) is 0.346. The molecule has 3 aliphatic rings. The van der Waals surface area contributed by atoms with Crippen molar-refractivity contribution in [1.82, 2.24) is 25.1 Å². The number of carbonyl (C=O) groups excluding carboxylic acids is 3. The Morgan fingerprint density at radius 1 is 1.06 bits per heavy atom. The summed E-state index contributed by atoms with van der Waals surface area (Å²) in [5.41, 5.74) is 4.31. The second-order valence-corrected chi connectivity index (χ2v) is 9.31. The Labute approximate surface area is 202 Å². The maximum absolute atomic E-state index is 12.8. The Kier molecular flexibility index (Phi) is 5.41. The van der Waals surface area contributed by atoms with Crippen molar-refractivity contribution in [1.29, 1.82) is 0 Å². The van der Waals surface area contributed by atoms with Crippen molar-refractivity contribution in [2.24, 2.45) is 0 Å². The van der Waals surface area contributed by atoms with Gasteiger partial charge in [-0.15, -0.1) is 0 Å². The lowest BCUT2D eigenvalue weighted by atomic mass is 9.96. The van der Waals surface area contributed by atoms with Crippen LogP contribution in [0.2, 0.25) is 0 Å². The summed E-state index contributed by atoms with van der Waals surface area (Å²) in [7, 11) is 0. The number of carbonyl (C=O) groups is 3. The van der Waals surface area contributed by atoms with Gasteiger partial charge >= 0.3 is 0 Å².